The van der Waals surface area contributed by atoms with Gasteiger partial charge in [-0.1, -0.05) is 31.4 Å². The fraction of sp³-hybridized carbons (Fsp3) is 0.625. The van der Waals surface area contributed by atoms with Crippen molar-refractivity contribution in [1.29, 1.82) is 0 Å². The van der Waals surface area contributed by atoms with Gasteiger partial charge in [0.25, 0.3) is 0 Å². The van der Waals surface area contributed by atoms with Crippen LogP contribution >= 0.6 is 0 Å². The molecule has 0 radical (unpaired) electrons. The largest absolute Gasteiger partial charge is 0.490 e. The Labute approximate surface area is 115 Å². The summed E-state index contributed by atoms with van der Waals surface area (Å²) in [6, 6.07) is 5.68. The van der Waals surface area contributed by atoms with Gasteiger partial charge in [0.2, 0.25) is 0 Å². The molecule has 0 spiro atoms. The fourth-order valence-electron chi connectivity index (χ4n) is 2.67. The molecule has 1 aliphatic rings. The molecular formula is C16H24O3. The van der Waals surface area contributed by atoms with Crippen LogP contribution in [0.25, 0.3) is 0 Å². The van der Waals surface area contributed by atoms with Crippen molar-refractivity contribution in [3.8, 4) is 11.5 Å². The van der Waals surface area contributed by atoms with Gasteiger partial charge >= 0.3 is 0 Å². The van der Waals surface area contributed by atoms with Gasteiger partial charge in [0.1, 0.15) is 0 Å². The highest BCUT2D eigenvalue weighted by molar-refractivity contribution is 5.46. The predicted octanol–water partition coefficient (Wildman–Crippen LogP) is 3.54. The molecule has 1 N–H and O–H groups in total. The first kappa shape index (κ1) is 14.2. The maximum absolute atomic E-state index is 9.41. The molecule has 1 saturated carbocycles. The summed E-state index contributed by atoms with van der Waals surface area (Å²) in [5, 5.41) is 9.41. The van der Waals surface area contributed by atoms with E-state index >= 15 is 0 Å². The van der Waals surface area contributed by atoms with Crippen LogP contribution in [0.2, 0.25) is 0 Å². The van der Waals surface area contributed by atoms with Crippen molar-refractivity contribution < 1.29 is 14.6 Å². The minimum absolute atomic E-state index is 0.0130. The molecular weight excluding hydrogens is 240 g/mol. The van der Waals surface area contributed by atoms with Crippen molar-refractivity contribution in [3.05, 3.63) is 23.8 Å². The topological polar surface area (TPSA) is 38.7 Å². The minimum Gasteiger partial charge on any atom is -0.490 e. The highest BCUT2D eigenvalue weighted by Crippen LogP contribution is 2.33. The number of aliphatic hydroxyl groups excluding tert-OH is 1. The van der Waals surface area contributed by atoms with E-state index in [-0.39, 0.29) is 6.61 Å². The van der Waals surface area contributed by atoms with E-state index in [2.05, 4.69) is 0 Å². The lowest BCUT2D eigenvalue weighted by Crippen LogP contribution is -2.16. The van der Waals surface area contributed by atoms with Crippen LogP contribution in [0.15, 0.2) is 18.2 Å². The average Bonchev–Trinajstić information content (AvgIpc) is 2.47. The number of hydrogen-bond donors (Lipinski definition) is 1. The molecule has 0 bridgehead atoms. The number of benzene rings is 1. The van der Waals surface area contributed by atoms with E-state index in [1.54, 1.807) is 0 Å². The molecule has 2 rings (SSSR count). The van der Waals surface area contributed by atoms with Crippen LogP contribution in [0, 0.1) is 5.92 Å². The van der Waals surface area contributed by atoms with Gasteiger partial charge in [-0.25, -0.2) is 0 Å². The molecule has 0 aromatic heterocycles. The zero-order valence-electron chi connectivity index (χ0n) is 11.7. The molecule has 19 heavy (non-hydrogen) atoms. The summed E-state index contributed by atoms with van der Waals surface area (Å²) < 4.78 is 11.5. The van der Waals surface area contributed by atoms with Crippen LogP contribution in [0.3, 0.4) is 0 Å². The van der Waals surface area contributed by atoms with Gasteiger partial charge in [0, 0.05) is 5.56 Å². The summed E-state index contributed by atoms with van der Waals surface area (Å²) in [4.78, 5) is 0. The van der Waals surface area contributed by atoms with Crippen LogP contribution in [-0.4, -0.2) is 18.3 Å². The highest BCUT2D eigenvalue weighted by Gasteiger charge is 2.16. The Morgan fingerprint density at radius 1 is 1.16 bits per heavy atom. The first-order chi connectivity index (χ1) is 9.35. The molecule has 0 heterocycles. The molecule has 3 heteroatoms. The predicted molar refractivity (Wildman–Crippen MR) is 75.6 cm³/mol. The molecule has 1 aliphatic carbocycles. The second-order valence-electron chi connectivity index (χ2n) is 5.15. The first-order valence-electron chi connectivity index (χ1n) is 7.33. The van der Waals surface area contributed by atoms with Gasteiger partial charge in [-0.2, -0.15) is 0 Å². The van der Waals surface area contributed by atoms with E-state index in [0.29, 0.717) is 12.5 Å². The number of hydrogen-bond acceptors (Lipinski definition) is 3. The summed E-state index contributed by atoms with van der Waals surface area (Å²) in [7, 11) is 0. The van der Waals surface area contributed by atoms with Crippen molar-refractivity contribution in [2.75, 3.05) is 13.2 Å². The summed E-state index contributed by atoms with van der Waals surface area (Å²) >= 11 is 0. The van der Waals surface area contributed by atoms with E-state index in [9.17, 15) is 5.11 Å². The number of para-hydroxylation sites is 1. The Morgan fingerprint density at radius 2 is 1.95 bits per heavy atom. The third kappa shape index (κ3) is 3.87. The van der Waals surface area contributed by atoms with Crippen molar-refractivity contribution in [1.82, 2.24) is 0 Å². The summed E-state index contributed by atoms with van der Waals surface area (Å²) in [5.74, 6) is 2.11. The quantitative estimate of drug-likeness (QED) is 0.854. The zero-order valence-corrected chi connectivity index (χ0v) is 11.7. The average molecular weight is 264 g/mol. The van der Waals surface area contributed by atoms with Gasteiger partial charge in [0.15, 0.2) is 11.5 Å². The molecule has 1 fully saturated rings. The van der Waals surface area contributed by atoms with Crippen molar-refractivity contribution in [2.24, 2.45) is 5.92 Å². The summed E-state index contributed by atoms with van der Waals surface area (Å²) in [6.07, 6.45) is 6.49. The van der Waals surface area contributed by atoms with Crippen LogP contribution < -0.4 is 9.47 Å². The van der Waals surface area contributed by atoms with E-state index in [0.717, 1.165) is 23.7 Å². The Morgan fingerprint density at radius 3 is 2.63 bits per heavy atom. The number of aliphatic hydroxyl groups is 1. The minimum atomic E-state index is -0.0130. The molecule has 0 atom stereocenters. The SMILES string of the molecule is CCOc1cccc(CO)c1OCC1CCCCC1. The molecule has 0 aliphatic heterocycles. The molecule has 0 unspecified atom stereocenters. The monoisotopic (exact) mass is 264 g/mol. The van der Waals surface area contributed by atoms with Crippen molar-refractivity contribution >= 4 is 0 Å². The first-order valence-corrected chi connectivity index (χ1v) is 7.33. The molecule has 3 nitrogen and oxygen atoms in total. The molecule has 0 amide bonds. The van der Waals surface area contributed by atoms with Gasteiger partial charge < -0.3 is 14.6 Å². The molecule has 106 valence electrons. The molecule has 0 saturated heterocycles. The standard InChI is InChI=1S/C16H24O3/c1-2-18-15-10-6-9-14(11-17)16(15)19-12-13-7-4-3-5-8-13/h6,9-10,13,17H,2-5,7-8,11-12H2,1H3. The third-order valence-corrected chi connectivity index (χ3v) is 3.72. The summed E-state index contributed by atoms with van der Waals surface area (Å²) in [5.41, 5.74) is 0.807. The van der Waals surface area contributed by atoms with Crippen molar-refractivity contribution in [2.45, 2.75) is 45.6 Å². The Bertz CT molecular complexity index is 384. The highest BCUT2D eigenvalue weighted by atomic mass is 16.5. The fourth-order valence-corrected chi connectivity index (χ4v) is 2.67. The van der Waals surface area contributed by atoms with Gasteiger partial charge in [-0.3, -0.25) is 0 Å². The van der Waals surface area contributed by atoms with E-state index in [1.165, 1.54) is 32.1 Å². The molecule has 1 aromatic rings. The van der Waals surface area contributed by atoms with Crippen LogP contribution in [0.1, 0.15) is 44.6 Å². The van der Waals surface area contributed by atoms with Crippen LogP contribution in [0.4, 0.5) is 0 Å². The lowest BCUT2D eigenvalue weighted by Gasteiger charge is -2.23. The lowest BCUT2D eigenvalue weighted by molar-refractivity contribution is 0.192. The summed E-state index contributed by atoms with van der Waals surface area (Å²) in [6.45, 7) is 3.28. The second kappa shape index (κ2) is 7.39. The zero-order chi connectivity index (χ0) is 13.5. The Hall–Kier alpha value is -1.22. The van der Waals surface area contributed by atoms with E-state index in [1.807, 2.05) is 25.1 Å². The lowest BCUT2D eigenvalue weighted by atomic mass is 9.90. The van der Waals surface area contributed by atoms with Gasteiger partial charge in [-0.15, -0.1) is 0 Å². The smallest absolute Gasteiger partial charge is 0.166 e. The van der Waals surface area contributed by atoms with Crippen molar-refractivity contribution in [3.63, 3.8) is 0 Å². The Balaban J connectivity index is 2.03. The maximum Gasteiger partial charge on any atom is 0.166 e. The van der Waals surface area contributed by atoms with Gasteiger partial charge in [-0.05, 0) is 31.7 Å². The maximum atomic E-state index is 9.41. The van der Waals surface area contributed by atoms with Gasteiger partial charge in [0.05, 0.1) is 19.8 Å². The number of rotatable bonds is 6. The number of ether oxygens (including phenoxy) is 2. The second-order valence-corrected chi connectivity index (χ2v) is 5.15. The van der Waals surface area contributed by atoms with E-state index < -0.39 is 0 Å². The van der Waals surface area contributed by atoms with E-state index in [4.69, 9.17) is 9.47 Å². The Kier molecular flexibility index (Phi) is 5.52. The third-order valence-electron chi connectivity index (χ3n) is 3.72. The normalized spacial score (nSPS) is 16.3. The molecule has 1 aromatic carbocycles. The van der Waals surface area contributed by atoms with Crippen LogP contribution in [-0.2, 0) is 6.61 Å². The van der Waals surface area contributed by atoms with Crippen LogP contribution in [0.5, 0.6) is 11.5 Å².